The van der Waals surface area contributed by atoms with E-state index in [4.69, 9.17) is 4.74 Å². The molecule has 0 fully saturated rings. The molecule has 2 rings (SSSR count). The molecule has 0 aliphatic rings. The molecule has 0 aliphatic heterocycles. The van der Waals surface area contributed by atoms with Gasteiger partial charge in [0.2, 0.25) is 0 Å². The maximum absolute atomic E-state index is 12.2. The van der Waals surface area contributed by atoms with E-state index in [1.54, 1.807) is 0 Å². The van der Waals surface area contributed by atoms with Gasteiger partial charge in [0.15, 0.2) is 6.61 Å². The van der Waals surface area contributed by atoms with E-state index < -0.39 is 0 Å². The molecule has 4 nitrogen and oxygen atoms in total. The Morgan fingerprint density at radius 2 is 1.50 bits per heavy atom. The molecule has 0 saturated heterocycles. The predicted molar refractivity (Wildman–Crippen MR) is 93.4 cm³/mol. The van der Waals surface area contributed by atoms with E-state index in [0.29, 0.717) is 6.42 Å². The van der Waals surface area contributed by atoms with Crippen LogP contribution in [0.3, 0.4) is 0 Å². The van der Waals surface area contributed by atoms with Gasteiger partial charge in [-0.05, 0) is 24.5 Å². The number of esters is 1. The molecule has 2 aromatic carbocycles. The lowest BCUT2D eigenvalue weighted by Gasteiger charge is -2.16. The minimum absolute atomic E-state index is 0.131. The van der Waals surface area contributed by atoms with Gasteiger partial charge in [-0.15, -0.1) is 0 Å². The average molecular weight is 325 g/mol. The van der Waals surface area contributed by atoms with Crippen LogP contribution in [0.2, 0.25) is 0 Å². The van der Waals surface area contributed by atoms with Crippen molar-refractivity contribution in [2.24, 2.45) is 0 Å². The molecule has 0 bridgehead atoms. The van der Waals surface area contributed by atoms with Gasteiger partial charge in [0.1, 0.15) is 0 Å². The van der Waals surface area contributed by atoms with Crippen LogP contribution >= 0.6 is 0 Å². The lowest BCUT2D eigenvalue weighted by molar-refractivity contribution is -0.150. The van der Waals surface area contributed by atoms with E-state index in [2.05, 4.69) is 5.32 Å². The second-order valence-electron chi connectivity index (χ2n) is 5.68. The lowest BCUT2D eigenvalue weighted by Crippen LogP contribution is -2.32. The first-order chi connectivity index (χ1) is 11.6. The molecule has 126 valence electrons. The number of nitrogens with one attached hydrogen (secondary N) is 1. The van der Waals surface area contributed by atoms with Crippen LogP contribution in [-0.4, -0.2) is 18.5 Å². The molecular weight excluding hydrogens is 302 g/mol. The maximum atomic E-state index is 12.2. The third-order valence-electron chi connectivity index (χ3n) is 3.92. The number of hydrogen-bond acceptors (Lipinski definition) is 3. The number of amides is 1. The van der Waals surface area contributed by atoms with Gasteiger partial charge < -0.3 is 10.1 Å². The highest BCUT2D eigenvalue weighted by Crippen LogP contribution is 2.20. The van der Waals surface area contributed by atoms with Crippen molar-refractivity contribution in [3.63, 3.8) is 0 Å². The van der Waals surface area contributed by atoms with Crippen molar-refractivity contribution in [2.75, 3.05) is 6.61 Å². The van der Waals surface area contributed by atoms with E-state index in [0.717, 1.165) is 11.1 Å². The van der Waals surface area contributed by atoms with E-state index >= 15 is 0 Å². The van der Waals surface area contributed by atoms with Crippen LogP contribution in [0.25, 0.3) is 0 Å². The first-order valence-corrected chi connectivity index (χ1v) is 8.17. The van der Waals surface area contributed by atoms with Crippen molar-refractivity contribution in [3.05, 3.63) is 71.8 Å². The van der Waals surface area contributed by atoms with Crippen LogP contribution in [0.1, 0.15) is 43.4 Å². The summed E-state index contributed by atoms with van der Waals surface area (Å²) in [6.07, 6.45) is 0.630. The van der Waals surface area contributed by atoms with Crippen molar-refractivity contribution in [3.8, 4) is 0 Å². The van der Waals surface area contributed by atoms with Crippen LogP contribution in [0.4, 0.5) is 0 Å². The molecule has 0 unspecified atom stereocenters. The zero-order valence-corrected chi connectivity index (χ0v) is 14.1. The van der Waals surface area contributed by atoms with Gasteiger partial charge in [-0.2, -0.15) is 0 Å². The number of benzene rings is 2. The molecule has 1 N–H and O–H groups in total. The highest BCUT2D eigenvalue weighted by Gasteiger charge is 2.21. The molecule has 1 amide bonds. The van der Waals surface area contributed by atoms with Gasteiger partial charge in [-0.1, -0.05) is 67.6 Å². The number of rotatable bonds is 7. The topological polar surface area (TPSA) is 55.4 Å². The van der Waals surface area contributed by atoms with Crippen molar-refractivity contribution in [1.29, 1.82) is 0 Å². The Kier molecular flexibility index (Phi) is 6.55. The van der Waals surface area contributed by atoms with Gasteiger partial charge in [0.05, 0.1) is 12.0 Å². The summed E-state index contributed by atoms with van der Waals surface area (Å²) in [6.45, 7) is 3.56. The molecule has 2 aromatic rings. The monoisotopic (exact) mass is 325 g/mol. The fourth-order valence-electron chi connectivity index (χ4n) is 2.57. The van der Waals surface area contributed by atoms with Crippen LogP contribution in [0.5, 0.6) is 0 Å². The first kappa shape index (κ1) is 17.7. The molecule has 0 heterocycles. The zero-order valence-electron chi connectivity index (χ0n) is 14.1. The number of carbonyl (C=O) groups excluding carboxylic acids is 2. The van der Waals surface area contributed by atoms with Gasteiger partial charge in [0, 0.05) is 0 Å². The predicted octanol–water partition coefficient (Wildman–Crippen LogP) is 3.60. The molecule has 0 saturated carbocycles. The molecule has 4 heteroatoms. The fourth-order valence-corrected chi connectivity index (χ4v) is 2.57. The average Bonchev–Trinajstić information content (AvgIpc) is 2.62. The molecule has 0 spiro atoms. The third-order valence-corrected chi connectivity index (χ3v) is 3.92. The van der Waals surface area contributed by atoms with Crippen molar-refractivity contribution in [1.82, 2.24) is 5.32 Å². The van der Waals surface area contributed by atoms with Crippen LogP contribution in [0.15, 0.2) is 60.7 Å². The Morgan fingerprint density at radius 3 is 2.04 bits per heavy atom. The minimum atomic E-state index is -0.369. The second kappa shape index (κ2) is 8.87. The van der Waals surface area contributed by atoms with Crippen molar-refractivity contribution in [2.45, 2.75) is 32.2 Å². The lowest BCUT2D eigenvalue weighted by atomic mass is 9.97. The fraction of sp³-hybridized carbons (Fsp3) is 0.300. The van der Waals surface area contributed by atoms with Gasteiger partial charge in [-0.25, -0.2) is 0 Å². The molecule has 0 aliphatic carbocycles. The van der Waals surface area contributed by atoms with E-state index in [1.165, 1.54) is 0 Å². The molecule has 0 radical (unpaired) electrons. The zero-order chi connectivity index (χ0) is 17.4. The van der Waals surface area contributed by atoms with Crippen LogP contribution < -0.4 is 5.32 Å². The van der Waals surface area contributed by atoms with E-state index in [9.17, 15) is 9.59 Å². The maximum Gasteiger partial charge on any atom is 0.313 e. The van der Waals surface area contributed by atoms with Gasteiger partial charge in [-0.3, -0.25) is 9.59 Å². The number of carbonyl (C=O) groups is 2. The van der Waals surface area contributed by atoms with Crippen molar-refractivity contribution >= 4 is 11.9 Å². The molecular formula is C20H23NO3. The smallest absolute Gasteiger partial charge is 0.313 e. The van der Waals surface area contributed by atoms with Gasteiger partial charge in [0.25, 0.3) is 5.91 Å². The Hall–Kier alpha value is -2.62. The second-order valence-corrected chi connectivity index (χ2v) is 5.68. The standard InChI is InChI=1S/C20H23NO3/c1-3-18(17-12-8-5-9-13-17)20(23)24-14-19(22)21-15(2)16-10-6-4-7-11-16/h4-13,15,18H,3,14H2,1-2H3,(H,21,22)/t15-,18-/m1/s1. The Bertz CT molecular complexity index is 655. The minimum Gasteiger partial charge on any atom is -0.455 e. The molecule has 2 atom stereocenters. The summed E-state index contributed by atoms with van der Waals surface area (Å²) in [5.41, 5.74) is 1.91. The summed E-state index contributed by atoms with van der Waals surface area (Å²) >= 11 is 0. The summed E-state index contributed by atoms with van der Waals surface area (Å²) in [6, 6.07) is 19.0. The summed E-state index contributed by atoms with van der Waals surface area (Å²) < 4.78 is 5.20. The summed E-state index contributed by atoms with van der Waals surface area (Å²) in [7, 11) is 0. The van der Waals surface area contributed by atoms with E-state index in [-0.39, 0.29) is 30.4 Å². The number of ether oxygens (including phenoxy) is 1. The summed E-state index contributed by atoms with van der Waals surface area (Å²) in [5, 5.41) is 2.83. The first-order valence-electron chi connectivity index (χ1n) is 8.17. The summed E-state index contributed by atoms with van der Waals surface area (Å²) in [4.78, 5) is 24.2. The highest BCUT2D eigenvalue weighted by atomic mass is 16.5. The Balaban J connectivity index is 1.85. The normalized spacial score (nSPS) is 12.9. The van der Waals surface area contributed by atoms with Crippen LogP contribution in [0, 0.1) is 0 Å². The molecule has 24 heavy (non-hydrogen) atoms. The third kappa shape index (κ3) is 4.95. The van der Waals surface area contributed by atoms with Crippen molar-refractivity contribution < 1.29 is 14.3 Å². The quantitative estimate of drug-likeness (QED) is 0.791. The highest BCUT2D eigenvalue weighted by molar-refractivity contribution is 5.83. The number of hydrogen-bond donors (Lipinski definition) is 1. The summed E-state index contributed by atoms with van der Waals surface area (Å²) in [5.74, 6) is -1.01. The largest absolute Gasteiger partial charge is 0.455 e. The Morgan fingerprint density at radius 1 is 0.958 bits per heavy atom. The Labute approximate surface area is 142 Å². The SMILES string of the molecule is CC[C@@H](C(=O)OCC(=O)N[C@H](C)c1ccccc1)c1ccccc1. The van der Waals surface area contributed by atoms with E-state index in [1.807, 2.05) is 74.5 Å². The molecule has 0 aromatic heterocycles. The van der Waals surface area contributed by atoms with Crippen LogP contribution in [-0.2, 0) is 14.3 Å². The van der Waals surface area contributed by atoms with Gasteiger partial charge >= 0.3 is 5.97 Å².